The van der Waals surface area contributed by atoms with Gasteiger partial charge in [-0.25, -0.2) is 0 Å². The fourth-order valence-electron chi connectivity index (χ4n) is 1.37. The summed E-state index contributed by atoms with van der Waals surface area (Å²) in [5.74, 6) is 1.54. The van der Waals surface area contributed by atoms with Crippen molar-refractivity contribution in [3.05, 3.63) is 35.4 Å². The maximum atomic E-state index is 5.24. The molecule has 0 saturated heterocycles. The zero-order valence-electron chi connectivity index (χ0n) is 9.76. The van der Waals surface area contributed by atoms with Gasteiger partial charge in [0, 0.05) is 11.1 Å². The summed E-state index contributed by atoms with van der Waals surface area (Å²) in [5, 5.41) is 3.98. The third kappa shape index (κ3) is 2.49. The Morgan fingerprint density at radius 1 is 1.60 bits per heavy atom. The smallest absolute Gasteiger partial charge is 0.169 e. The minimum Gasteiger partial charge on any atom is -0.501 e. The third-order valence-corrected chi connectivity index (χ3v) is 2.35. The summed E-state index contributed by atoms with van der Waals surface area (Å²) in [6, 6.07) is 0. The van der Waals surface area contributed by atoms with E-state index in [1.165, 1.54) is 0 Å². The molecule has 0 N–H and O–H groups in total. The fraction of sp³-hybridized carbons (Fsp3) is 0.417. The van der Waals surface area contributed by atoms with E-state index in [0.717, 1.165) is 34.8 Å². The number of hydrogen-bond acceptors (Lipinski definition) is 3. The zero-order chi connectivity index (χ0) is 11.4. The van der Waals surface area contributed by atoms with Crippen LogP contribution in [0.15, 0.2) is 22.9 Å². The van der Waals surface area contributed by atoms with Gasteiger partial charge in [-0.1, -0.05) is 18.7 Å². The van der Waals surface area contributed by atoms with Crippen molar-refractivity contribution in [2.45, 2.75) is 27.2 Å². The van der Waals surface area contributed by atoms with Crippen LogP contribution in [0.3, 0.4) is 0 Å². The molecule has 0 fully saturated rings. The Morgan fingerprint density at radius 3 is 2.73 bits per heavy atom. The van der Waals surface area contributed by atoms with Crippen molar-refractivity contribution >= 4 is 5.57 Å². The van der Waals surface area contributed by atoms with Gasteiger partial charge < -0.3 is 9.26 Å². The van der Waals surface area contributed by atoms with Crippen LogP contribution in [0.1, 0.15) is 30.9 Å². The highest BCUT2D eigenvalue weighted by Crippen LogP contribution is 2.22. The molecule has 1 rings (SSSR count). The van der Waals surface area contributed by atoms with Crippen molar-refractivity contribution in [1.82, 2.24) is 5.16 Å². The first kappa shape index (κ1) is 11.6. The highest BCUT2D eigenvalue weighted by atomic mass is 16.5. The molecule has 0 saturated carbocycles. The van der Waals surface area contributed by atoms with Crippen molar-refractivity contribution in [2.75, 3.05) is 7.11 Å². The van der Waals surface area contributed by atoms with Gasteiger partial charge >= 0.3 is 0 Å². The van der Waals surface area contributed by atoms with Crippen LogP contribution in [0.25, 0.3) is 5.57 Å². The second-order valence-corrected chi connectivity index (χ2v) is 3.42. The molecular formula is C12H17NO2. The normalized spacial score (nSPS) is 11.6. The van der Waals surface area contributed by atoms with Crippen LogP contribution < -0.4 is 0 Å². The van der Waals surface area contributed by atoms with Crippen LogP contribution >= 0.6 is 0 Å². The van der Waals surface area contributed by atoms with E-state index in [0.29, 0.717) is 0 Å². The highest BCUT2D eigenvalue weighted by molar-refractivity contribution is 5.71. The number of rotatable bonds is 4. The molecule has 1 heterocycles. The number of nitrogens with zero attached hydrogens (tertiary/aromatic N) is 1. The highest BCUT2D eigenvalue weighted by Gasteiger charge is 2.11. The largest absolute Gasteiger partial charge is 0.501 e. The van der Waals surface area contributed by atoms with Crippen molar-refractivity contribution in [1.29, 1.82) is 0 Å². The van der Waals surface area contributed by atoms with Crippen molar-refractivity contribution in [3.8, 4) is 0 Å². The predicted molar refractivity (Wildman–Crippen MR) is 60.4 cm³/mol. The molecule has 0 aliphatic carbocycles. The molecular weight excluding hydrogens is 190 g/mol. The number of aryl methyl sites for hydroxylation is 1. The predicted octanol–water partition coefficient (Wildman–Crippen LogP) is 3.11. The molecule has 0 bridgehead atoms. The second-order valence-electron chi connectivity index (χ2n) is 3.42. The number of aromatic nitrogens is 1. The van der Waals surface area contributed by atoms with Gasteiger partial charge in [-0.2, -0.15) is 0 Å². The van der Waals surface area contributed by atoms with Gasteiger partial charge in [0.1, 0.15) is 0 Å². The molecule has 0 spiro atoms. The molecule has 0 unspecified atom stereocenters. The molecule has 0 aromatic carbocycles. The van der Waals surface area contributed by atoms with Crippen LogP contribution in [0, 0.1) is 6.92 Å². The zero-order valence-corrected chi connectivity index (χ0v) is 9.76. The van der Waals surface area contributed by atoms with Crippen molar-refractivity contribution < 1.29 is 9.26 Å². The van der Waals surface area contributed by atoms with Gasteiger partial charge in [0.05, 0.1) is 18.6 Å². The lowest BCUT2D eigenvalue weighted by Gasteiger charge is -2.00. The molecule has 1 aromatic heterocycles. The van der Waals surface area contributed by atoms with E-state index in [4.69, 9.17) is 9.26 Å². The van der Waals surface area contributed by atoms with Gasteiger partial charge in [-0.3, -0.25) is 0 Å². The number of allylic oxidation sites excluding steroid dienone is 3. The molecule has 0 atom stereocenters. The SMILES string of the molecule is C=C(/C=C(\C)OC)c1onc(CC)c1C. The lowest BCUT2D eigenvalue weighted by molar-refractivity contribution is 0.294. The maximum absolute atomic E-state index is 5.24. The first-order chi connectivity index (χ1) is 7.10. The van der Waals surface area contributed by atoms with Crippen LogP contribution in [0.4, 0.5) is 0 Å². The van der Waals surface area contributed by atoms with Crippen molar-refractivity contribution in [3.63, 3.8) is 0 Å². The standard InChI is InChI=1S/C12H17NO2/c1-6-11-10(4)12(15-13-11)8(2)7-9(3)14-5/h7H,2,6H2,1,3-5H3/b9-7+. The molecule has 82 valence electrons. The van der Waals surface area contributed by atoms with Crippen LogP contribution in [0.2, 0.25) is 0 Å². The second kappa shape index (κ2) is 4.82. The molecule has 3 nitrogen and oxygen atoms in total. The summed E-state index contributed by atoms with van der Waals surface area (Å²) in [7, 11) is 1.63. The molecule has 1 aromatic rings. The van der Waals surface area contributed by atoms with Gasteiger partial charge in [-0.15, -0.1) is 0 Å². The molecule has 0 aliphatic rings. The van der Waals surface area contributed by atoms with E-state index < -0.39 is 0 Å². The lowest BCUT2D eigenvalue weighted by Crippen LogP contribution is -1.86. The third-order valence-electron chi connectivity index (χ3n) is 2.35. The molecule has 0 aliphatic heterocycles. The molecule has 15 heavy (non-hydrogen) atoms. The minimum atomic E-state index is 0.739. The first-order valence-electron chi connectivity index (χ1n) is 4.96. The van der Waals surface area contributed by atoms with Crippen LogP contribution in [-0.2, 0) is 11.2 Å². The number of ether oxygens (including phenoxy) is 1. The lowest BCUT2D eigenvalue weighted by atomic mass is 10.1. The van der Waals surface area contributed by atoms with E-state index in [-0.39, 0.29) is 0 Å². The average Bonchev–Trinajstić information content (AvgIpc) is 2.59. The molecule has 3 heteroatoms. The monoisotopic (exact) mass is 207 g/mol. The van der Waals surface area contributed by atoms with Gasteiger partial charge in [0.25, 0.3) is 0 Å². The summed E-state index contributed by atoms with van der Waals surface area (Å²) in [5.41, 5.74) is 2.83. The maximum Gasteiger partial charge on any atom is 0.169 e. The van der Waals surface area contributed by atoms with Gasteiger partial charge in [-0.05, 0) is 26.3 Å². The minimum absolute atomic E-state index is 0.739. The summed E-state index contributed by atoms with van der Waals surface area (Å²) in [6.07, 6.45) is 2.71. The van der Waals surface area contributed by atoms with E-state index in [1.807, 2.05) is 26.8 Å². The fourth-order valence-corrected chi connectivity index (χ4v) is 1.37. The quantitative estimate of drug-likeness (QED) is 0.562. The average molecular weight is 207 g/mol. The van der Waals surface area contributed by atoms with Crippen LogP contribution in [-0.4, -0.2) is 12.3 Å². The first-order valence-corrected chi connectivity index (χ1v) is 4.96. The Bertz CT molecular complexity index is 388. The molecule has 0 radical (unpaired) electrons. The number of hydrogen-bond donors (Lipinski definition) is 0. The van der Waals surface area contributed by atoms with E-state index >= 15 is 0 Å². The number of methoxy groups -OCH3 is 1. The van der Waals surface area contributed by atoms with Crippen LogP contribution in [0.5, 0.6) is 0 Å². The molecule has 0 amide bonds. The van der Waals surface area contributed by atoms with Crippen molar-refractivity contribution in [2.24, 2.45) is 0 Å². The Hall–Kier alpha value is -1.51. The Labute approximate surface area is 90.4 Å². The van der Waals surface area contributed by atoms with Gasteiger partial charge in [0.2, 0.25) is 0 Å². The van der Waals surface area contributed by atoms with E-state index in [9.17, 15) is 0 Å². The Balaban J connectivity index is 2.97. The summed E-state index contributed by atoms with van der Waals surface area (Å²) >= 11 is 0. The summed E-state index contributed by atoms with van der Waals surface area (Å²) in [4.78, 5) is 0. The summed E-state index contributed by atoms with van der Waals surface area (Å²) < 4.78 is 10.3. The topological polar surface area (TPSA) is 35.3 Å². The van der Waals surface area contributed by atoms with Gasteiger partial charge in [0.15, 0.2) is 5.76 Å². The Morgan fingerprint density at radius 2 is 2.27 bits per heavy atom. The Kier molecular flexibility index (Phi) is 3.72. The van der Waals surface area contributed by atoms with E-state index in [2.05, 4.69) is 11.7 Å². The van der Waals surface area contributed by atoms with E-state index in [1.54, 1.807) is 7.11 Å². The summed E-state index contributed by atoms with van der Waals surface area (Å²) in [6.45, 7) is 9.84.